The third-order valence-corrected chi connectivity index (χ3v) is 5.79. The molecule has 1 aliphatic heterocycles. The zero-order valence-electron chi connectivity index (χ0n) is 16.6. The van der Waals surface area contributed by atoms with Crippen LogP contribution in [0.3, 0.4) is 0 Å². The van der Waals surface area contributed by atoms with Gasteiger partial charge in [0.05, 0.1) is 13.2 Å². The van der Waals surface area contributed by atoms with Gasteiger partial charge in [-0.3, -0.25) is 9.89 Å². The van der Waals surface area contributed by atoms with Gasteiger partial charge in [0.1, 0.15) is 0 Å². The molecule has 2 fully saturated rings. The van der Waals surface area contributed by atoms with E-state index in [-0.39, 0.29) is 5.54 Å². The van der Waals surface area contributed by atoms with Crippen molar-refractivity contribution < 1.29 is 4.74 Å². The van der Waals surface area contributed by atoms with Crippen LogP contribution in [0.15, 0.2) is 35.3 Å². The van der Waals surface area contributed by atoms with Crippen molar-refractivity contribution in [3.8, 4) is 0 Å². The second kappa shape index (κ2) is 8.40. The van der Waals surface area contributed by atoms with Crippen molar-refractivity contribution in [3.05, 3.63) is 35.9 Å². The Hall–Kier alpha value is -1.59. The number of rotatable bonds is 7. The number of morpholine rings is 1. The smallest absolute Gasteiger partial charge is 0.191 e. The molecule has 0 bridgehead atoms. The van der Waals surface area contributed by atoms with Crippen LogP contribution in [0.4, 0.5) is 0 Å². The minimum atomic E-state index is 0.0860. The molecular formula is C21H34N4O. The summed E-state index contributed by atoms with van der Waals surface area (Å²) in [5.41, 5.74) is 1.92. The molecule has 26 heavy (non-hydrogen) atoms. The van der Waals surface area contributed by atoms with E-state index >= 15 is 0 Å². The normalized spacial score (nSPS) is 20.7. The summed E-state index contributed by atoms with van der Waals surface area (Å²) in [6, 6.07) is 10.8. The molecule has 2 N–H and O–H groups in total. The van der Waals surface area contributed by atoms with Gasteiger partial charge >= 0.3 is 0 Å². The Morgan fingerprint density at radius 2 is 1.85 bits per heavy atom. The van der Waals surface area contributed by atoms with E-state index in [0.29, 0.717) is 5.41 Å². The van der Waals surface area contributed by atoms with Crippen LogP contribution in [0.1, 0.15) is 32.3 Å². The van der Waals surface area contributed by atoms with E-state index in [0.717, 1.165) is 51.8 Å². The Morgan fingerprint density at radius 3 is 2.46 bits per heavy atom. The van der Waals surface area contributed by atoms with E-state index in [1.807, 2.05) is 7.05 Å². The summed E-state index contributed by atoms with van der Waals surface area (Å²) < 4.78 is 5.48. The Kier molecular flexibility index (Phi) is 6.20. The third kappa shape index (κ3) is 5.21. The molecule has 0 spiro atoms. The van der Waals surface area contributed by atoms with Gasteiger partial charge in [-0.1, -0.05) is 30.3 Å². The van der Waals surface area contributed by atoms with E-state index in [1.165, 1.54) is 18.4 Å². The minimum absolute atomic E-state index is 0.0860. The molecule has 1 saturated heterocycles. The summed E-state index contributed by atoms with van der Waals surface area (Å²) >= 11 is 0. The van der Waals surface area contributed by atoms with Crippen LogP contribution >= 0.6 is 0 Å². The quantitative estimate of drug-likeness (QED) is 0.580. The molecule has 5 nitrogen and oxygen atoms in total. The number of ether oxygens (including phenoxy) is 1. The lowest BCUT2D eigenvalue weighted by Crippen LogP contribution is -2.56. The first-order valence-corrected chi connectivity index (χ1v) is 9.84. The minimum Gasteiger partial charge on any atom is -0.379 e. The predicted molar refractivity (Wildman–Crippen MR) is 108 cm³/mol. The van der Waals surface area contributed by atoms with E-state index in [2.05, 4.69) is 64.7 Å². The Bertz CT molecular complexity index is 589. The number of nitrogens with one attached hydrogen (secondary N) is 2. The molecule has 0 atom stereocenters. The molecule has 1 aromatic rings. The number of nitrogens with zero attached hydrogens (tertiary/aromatic N) is 2. The van der Waals surface area contributed by atoms with Gasteiger partial charge in [-0.25, -0.2) is 0 Å². The van der Waals surface area contributed by atoms with Crippen LogP contribution in [0.25, 0.3) is 0 Å². The first-order chi connectivity index (χ1) is 12.5. The largest absolute Gasteiger partial charge is 0.379 e. The van der Waals surface area contributed by atoms with Gasteiger partial charge in [-0.15, -0.1) is 0 Å². The molecule has 0 radical (unpaired) electrons. The fourth-order valence-corrected chi connectivity index (χ4v) is 3.69. The lowest BCUT2D eigenvalue weighted by atomic mass is 9.96. The molecule has 1 aliphatic carbocycles. The summed E-state index contributed by atoms with van der Waals surface area (Å²) in [5.74, 6) is 0.908. The number of aliphatic imine (C=N–C) groups is 1. The molecule has 0 aromatic heterocycles. The summed E-state index contributed by atoms with van der Waals surface area (Å²) in [6.07, 6.45) is 3.74. The molecular weight excluding hydrogens is 324 g/mol. The van der Waals surface area contributed by atoms with E-state index in [4.69, 9.17) is 4.74 Å². The van der Waals surface area contributed by atoms with E-state index in [1.54, 1.807) is 0 Å². The van der Waals surface area contributed by atoms with Crippen molar-refractivity contribution in [2.75, 3.05) is 46.4 Å². The average molecular weight is 359 g/mol. The predicted octanol–water partition coefficient (Wildman–Crippen LogP) is 2.29. The Morgan fingerprint density at radius 1 is 1.15 bits per heavy atom. The molecule has 1 heterocycles. The topological polar surface area (TPSA) is 48.9 Å². The number of benzene rings is 1. The maximum atomic E-state index is 5.48. The second-order valence-electron chi connectivity index (χ2n) is 8.35. The number of hydrogen-bond donors (Lipinski definition) is 2. The highest BCUT2D eigenvalue weighted by Crippen LogP contribution is 2.47. The van der Waals surface area contributed by atoms with Gasteiger partial charge in [0.25, 0.3) is 0 Å². The Labute approximate surface area is 158 Å². The summed E-state index contributed by atoms with van der Waals surface area (Å²) in [6.45, 7) is 10.1. The first kappa shape index (κ1) is 19.2. The van der Waals surface area contributed by atoms with Crippen LogP contribution in [-0.4, -0.2) is 62.8 Å². The molecule has 1 saturated carbocycles. The lowest BCUT2D eigenvalue weighted by Gasteiger charge is -2.41. The fourth-order valence-electron chi connectivity index (χ4n) is 3.69. The van der Waals surface area contributed by atoms with Gasteiger partial charge in [0, 0.05) is 38.8 Å². The summed E-state index contributed by atoms with van der Waals surface area (Å²) in [4.78, 5) is 6.92. The molecule has 144 valence electrons. The average Bonchev–Trinajstić information content (AvgIpc) is 3.43. The highest BCUT2D eigenvalue weighted by atomic mass is 16.5. The third-order valence-electron chi connectivity index (χ3n) is 5.79. The molecule has 2 aliphatic rings. The summed E-state index contributed by atoms with van der Waals surface area (Å²) in [5, 5.41) is 7.09. The maximum absolute atomic E-state index is 5.48. The van der Waals surface area contributed by atoms with Crippen LogP contribution < -0.4 is 10.6 Å². The van der Waals surface area contributed by atoms with Gasteiger partial charge in [-0.05, 0) is 44.1 Å². The monoisotopic (exact) mass is 358 g/mol. The Balaban J connectivity index is 1.46. The first-order valence-electron chi connectivity index (χ1n) is 9.84. The van der Waals surface area contributed by atoms with Gasteiger partial charge < -0.3 is 15.4 Å². The van der Waals surface area contributed by atoms with Gasteiger partial charge in [0.2, 0.25) is 0 Å². The van der Waals surface area contributed by atoms with Crippen molar-refractivity contribution in [2.24, 2.45) is 10.4 Å². The molecule has 1 aromatic carbocycles. The SMILES string of the molecule is CN=C(NCC1(Cc2ccccc2)CC1)NCC(C)(C)N1CCOCC1. The highest BCUT2D eigenvalue weighted by Gasteiger charge is 2.42. The van der Waals surface area contributed by atoms with E-state index < -0.39 is 0 Å². The van der Waals surface area contributed by atoms with E-state index in [9.17, 15) is 0 Å². The van der Waals surface area contributed by atoms with Crippen LogP contribution in [0.5, 0.6) is 0 Å². The maximum Gasteiger partial charge on any atom is 0.191 e. The standard InChI is InChI=1S/C21H34N4O/c1-20(2,25-11-13-26-14-12-25)16-23-19(22-3)24-17-21(9-10-21)15-18-7-5-4-6-8-18/h4-8H,9-17H2,1-3H3,(H2,22,23,24). The highest BCUT2D eigenvalue weighted by molar-refractivity contribution is 5.79. The van der Waals surface area contributed by atoms with Crippen molar-refractivity contribution in [2.45, 2.75) is 38.6 Å². The molecule has 5 heteroatoms. The molecule has 0 amide bonds. The van der Waals surface area contributed by atoms with Crippen LogP contribution in [0, 0.1) is 5.41 Å². The fraction of sp³-hybridized carbons (Fsp3) is 0.667. The molecule has 0 unspecified atom stereocenters. The van der Waals surface area contributed by atoms with Crippen molar-refractivity contribution >= 4 is 5.96 Å². The zero-order chi connectivity index (χ0) is 18.5. The van der Waals surface area contributed by atoms with Crippen LogP contribution in [-0.2, 0) is 11.2 Å². The van der Waals surface area contributed by atoms with Crippen molar-refractivity contribution in [1.29, 1.82) is 0 Å². The van der Waals surface area contributed by atoms with Crippen LogP contribution in [0.2, 0.25) is 0 Å². The van der Waals surface area contributed by atoms with Crippen molar-refractivity contribution in [1.82, 2.24) is 15.5 Å². The van der Waals surface area contributed by atoms with Crippen molar-refractivity contribution in [3.63, 3.8) is 0 Å². The van der Waals surface area contributed by atoms with Gasteiger partial charge in [-0.2, -0.15) is 0 Å². The second-order valence-corrected chi connectivity index (χ2v) is 8.35. The number of guanidine groups is 1. The molecule has 3 rings (SSSR count). The summed E-state index contributed by atoms with van der Waals surface area (Å²) in [7, 11) is 1.85. The zero-order valence-corrected chi connectivity index (χ0v) is 16.6. The van der Waals surface area contributed by atoms with Gasteiger partial charge in [0.15, 0.2) is 5.96 Å². The number of hydrogen-bond acceptors (Lipinski definition) is 3. The lowest BCUT2D eigenvalue weighted by molar-refractivity contribution is -0.00834.